The average Bonchev–Trinajstić information content (AvgIpc) is 3.39. The molecule has 0 bridgehead atoms. The topological polar surface area (TPSA) is 129 Å². The highest BCUT2D eigenvalue weighted by Gasteiger charge is 2.58. The second kappa shape index (κ2) is 8.26. The van der Waals surface area contributed by atoms with Crippen LogP contribution in [0.3, 0.4) is 0 Å². The maximum atomic E-state index is 14.5. The molecule has 3 N–H and O–H groups in total. The summed E-state index contributed by atoms with van der Waals surface area (Å²) < 4.78 is 76.6. The first-order chi connectivity index (χ1) is 16.6. The van der Waals surface area contributed by atoms with Gasteiger partial charge < -0.3 is 20.1 Å². The number of alkyl halides is 5. The minimum absolute atomic E-state index is 0.0270. The van der Waals surface area contributed by atoms with E-state index in [2.05, 4.69) is 19.9 Å². The number of aryl methyl sites for hydroxylation is 2. The molecule has 1 aromatic carbocycles. The summed E-state index contributed by atoms with van der Waals surface area (Å²) >= 11 is 0. The van der Waals surface area contributed by atoms with Crippen LogP contribution in [0.25, 0.3) is 28.4 Å². The molecule has 0 amide bonds. The summed E-state index contributed by atoms with van der Waals surface area (Å²) in [4.78, 5) is 19.5. The predicted octanol–water partition coefficient (Wildman–Crippen LogP) is 4.16. The number of fused-ring (bicyclic) bond motifs is 1. The minimum atomic E-state index is -5.68. The number of imidazole rings is 1. The molecule has 9 nitrogen and oxygen atoms in total. The second-order valence-corrected chi connectivity index (χ2v) is 8.19. The second-order valence-electron chi connectivity index (χ2n) is 8.19. The monoisotopic (exact) mass is 511 g/mol. The number of carbonyl (C=O) groups is 1. The Morgan fingerprint density at radius 3 is 2.47 bits per heavy atom. The number of anilines is 1. The van der Waals surface area contributed by atoms with Gasteiger partial charge in [0, 0.05) is 17.8 Å². The molecule has 3 aromatic heterocycles. The Morgan fingerprint density at radius 2 is 1.86 bits per heavy atom. The van der Waals surface area contributed by atoms with Crippen LogP contribution in [0.15, 0.2) is 41.2 Å². The molecule has 0 radical (unpaired) electrons. The van der Waals surface area contributed by atoms with Gasteiger partial charge in [0.25, 0.3) is 0 Å². The van der Waals surface area contributed by atoms with E-state index in [1.807, 2.05) is 0 Å². The summed E-state index contributed by atoms with van der Waals surface area (Å²) in [6.45, 7) is 3.88. The Balaban J connectivity index is 1.81. The molecule has 14 heteroatoms. The first kappa shape index (κ1) is 25.0. The van der Waals surface area contributed by atoms with Crippen molar-refractivity contribution in [2.45, 2.75) is 38.7 Å². The van der Waals surface area contributed by atoms with Gasteiger partial charge in [-0.2, -0.15) is 22.0 Å². The van der Waals surface area contributed by atoms with Gasteiger partial charge in [-0.15, -0.1) is 0 Å². The number of nitrogens with two attached hydrogens (primary N) is 1. The molecule has 4 aromatic rings. The van der Waals surface area contributed by atoms with Gasteiger partial charge in [-0.25, -0.2) is 14.8 Å². The number of nitrogens with zero attached hydrogens (tertiary/aromatic N) is 4. The van der Waals surface area contributed by atoms with Gasteiger partial charge in [-0.1, -0.05) is 17.3 Å². The minimum Gasteiger partial charge on any atom is -0.392 e. The van der Waals surface area contributed by atoms with Crippen molar-refractivity contribution in [3.63, 3.8) is 0 Å². The van der Waals surface area contributed by atoms with Crippen molar-refractivity contribution in [2.75, 3.05) is 5.73 Å². The highest BCUT2D eigenvalue weighted by Crippen LogP contribution is 2.41. The van der Waals surface area contributed by atoms with Gasteiger partial charge >= 0.3 is 18.3 Å². The maximum absolute atomic E-state index is 14.5. The van der Waals surface area contributed by atoms with Crippen molar-refractivity contribution in [2.24, 2.45) is 0 Å². The molecule has 3 heterocycles. The summed E-state index contributed by atoms with van der Waals surface area (Å²) in [6.07, 6.45) is -7.69. The number of ether oxygens (including phenoxy) is 1. The molecule has 1 atom stereocenters. The molecule has 4 rings (SSSR count). The Kier molecular flexibility index (Phi) is 5.74. The summed E-state index contributed by atoms with van der Waals surface area (Å²) in [5, 5.41) is 14.3. The SMILES string of the molecule is Cc1cc(-c2cn3c(-c4cc(C(C)(O)C(F)(F)OC(=O)C(F)(F)F)ccc4C)cnc3c(N)n2)on1. The molecule has 0 saturated heterocycles. The van der Waals surface area contributed by atoms with Crippen LogP contribution in [0, 0.1) is 13.8 Å². The zero-order chi connectivity index (χ0) is 26.6. The number of rotatable bonds is 5. The molecule has 190 valence electrons. The molecule has 0 fully saturated rings. The highest BCUT2D eigenvalue weighted by atomic mass is 19.4. The van der Waals surface area contributed by atoms with E-state index in [0.29, 0.717) is 35.3 Å². The smallest absolute Gasteiger partial charge is 0.392 e. The maximum Gasteiger partial charge on any atom is 0.491 e. The van der Waals surface area contributed by atoms with Gasteiger partial charge in [0.05, 0.1) is 17.6 Å². The van der Waals surface area contributed by atoms with Crippen LogP contribution in [-0.2, 0) is 15.1 Å². The van der Waals surface area contributed by atoms with Crippen LogP contribution in [-0.4, -0.2) is 42.9 Å². The molecular weight excluding hydrogens is 493 g/mol. The molecule has 0 aliphatic carbocycles. The van der Waals surface area contributed by atoms with Gasteiger partial charge in [-0.05, 0) is 38.0 Å². The molecule has 36 heavy (non-hydrogen) atoms. The summed E-state index contributed by atoms with van der Waals surface area (Å²) in [6, 6.07) is 5.20. The van der Waals surface area contributed by atoms with E-state index < -0.39 is 29.4 Å². The van der Waals surface area contributed by atoms with Gasteiger partial charge in [0.15, 0.2) is 22.8 Å². The fourth-order valence-electron chi connectivity index (χ4n) is 3.46. The third-order valence-electron chi connectivity index (χ3n) is 5.49. The Bertz CT molecular complexity index is 1480. The van der Waals surface area contributed by atoms with Crippen molar-refractivity contribution >= 4 is 17.4 Å². The lowest BCUT2D eigenvalue weighted by Gasteiger charge is -2.32. The number of esters is 1. The van der Waals surface area contributed by atoms with E-state index in [9.17, 15) is 31.9 Å². The van der Waals surface area contributed by atoms with Crippen molar-refractivity contribution in [1.82, 2.24) is 19.5 Å². The Hall–Kier alpha value is -4.07. The third kappa shape index (κ3) is 4.23. The first-order valence-electron chi connectivity index (χ1n) is 10.2. The van der Waals surface area contributed by atoms with E-state index in [-0.39, 0.29) is 17.0 Å². The predicted molar refractivity (Wildman–Crippen MR) is 114 cm³/mol. The van der Waals surface area contributed by atoms with E-state index in [1.165, 1.54) is 22.9 Å². The largest absolute Gasteiger partial charge is 0.491 e. The third-order valence-corrected chi connectivity index (χ3v) is 5.49. The van der Waals surface area contributed by atoms with E-state index in [4.69, 9.17) is 10.3 Å². The van der Waals surface area contributed by atoms with Crippen LogP contribution in [0.4, 0.5) is 27.8 Å². The zero-order valence-corrected chi connectivity index (χ0v) is 18.9. The van der Waals surface area contributed by atoms with E-state index >= 15 is 0 Å². The zero-order valence-electron chi connectivity index (χ0n) is 18.9. The lowest BCUT2D eigenvalue weighted by molar-refractivity contribution is -0.327. The molecule has 0 saturated carbocycles. The summed E-state index contributed by atoms with van der Waals surface area (Å²) in [7, 11) is 0. The van der Waals surface area contributed by atoms with Crippen molar-refractivity contribution in [3.05, 3.63) is 53.5 Å². The number of benzene rings is 1. The number of aromatic nitrogens is 4. The standard InChI is InChI=1S/C22H18F5N5O4/c1-10-4-5-12(20(3,34)22(26,27)35-19(33)21(23,24)25)7-13(10)15-8-29-18-17(28)30-14(9-32(15)18)16-6-11(2)31-36-16/h4-9,34H,1-3H3,(H2,28,30). The Morgan fingerprint density at radius 1 is 1.17 bits per heavy atom. The number of nitrogen functional groups attached to an aromatic ring is 1. The van der Waals surface area contributed by atoms with E-state index in [1.54, 1.807) is 19.9 Å². The first-order valence-corrected chi connectivity index (χ1v) is 10.2. The van der Waals surface area contributed by atoms with Crippen LogP contribution in [0.1, 0.15) is 23.7 Å². The number of hydrogen-bond donors (Lipinski definition) is 2. The van der Waals surface area contributed by atoms with Crippen LogP contribution in [0.2, 0.25) is 0 Å². The molecule has 0 aliphatic rings. The van der Waals surface area contributed by atoms with Crippen molar-refractivity contribution < 1.29 is 41.1 Å². The number of aliphatic hydroxyl groups is 1. The van der Waals surface area contributed by atoms with Gasteiger partial charge in [-0.3, -0.25) is 4.40 Å². The summed E-state index contributed by atoms with van der Waals surface area (Å²) in [5.74, 6) is -2.81. The lowest BCUT2D eigenvalue weighted by atomic mass is 9.90. The Labute approximate surface area is 199 Å². The van der Waals surface area contributed by atoms with Crippen molar-refractivity contribution in [3.8, 4) is 22.7 Å². The average molecular weight is 511 g/mol. The number of halogens is 5. The van der Waals surface area contributed by atoms with E-state index in [0.717, 1.165) is 12.1 Å². The summed E-state index contributed by atoms with van der Waals surface area (Å²) in [5.41, 5.74) is 4.47. The normalized spacial score (nSPS) is 14.1. The number of carbonyl (C=O) groups excluding carboxylic acids is 1. The molecule has 0 spiro atoms. The van der Waals surface area contributed by atoms with Crippen LogP contribution in [0.5, 0.6) is 0 Å². The fourth-order valence-corrected chi connectivity index (χ4v) is 3.46. The highest BCUT2D eigenvalue weighted by molar-refractivity contribution is 5.76. The lowest BCUT2D eigenvalue weighted by Crippen LogP contribution is -2.48. The molecular formula is C22H18F5N5O4. The van der Waals surface area contributed by atoms with Crippen LogP contribution < -0.4 is 5.73 Å². The van der Waals surface area contributed by atoms with Gasteiger partial charge in [0.1, 0.15) is 5.69 Å². The number of hydrogen-bond acceptors (Lipinski definition) is 8. The fraction of sp³-hybridized carbons (Fsp3) is 0.273. The molecule has 1 unspecified atom stereocenters. The quantitative estimate of drug-likeness (QED) is 0.302. The van der Waals surface area contributed by atoms with Crippen molar-refractivity contribution in [1.29, 1.82) is 0 Å². The van der Waals surface area contributed by atoms with Gasteiger partial charge in [0.2, 0.25) is 0 Å². The molecule has 0 aliphatic heterocycles. The van der Waals surface area contributed by atoms with Crippen LogP contribution >= 0.6 is 0 Å².